The van der Waals surface area contributed by atoms with E-state index in [0.717, 1.165) is 16.1 Å². The van der Waals surface area contributed by atoms with Crippen LogP contribution in [0.3, 0.4) is 0 Å². The number of imide groups is 1. The number of nitro benzene ring substituents is 1. The Morgan fingerprint density at radius 3 is 1.97 bits per heavy atom. The molecule has 13 heteroatoms. The van der Waals surface area contributed by atoms with Gasteiger partial charge in [-0.3, -0.25) is 24.5 Å². The van der Waals surface area contributed by atoms with Crippen molar-refractivity contribution in [2.75, 3.05) is 0 Å². The number of amides is 3. The number of benzene rings is 3. The van der Waals surface area contributed by atoms with Gasteiger partial charge >= 0.3 is 0 Å². The van der Waals surface area contributed by atoms with Gasteiger partial charge < -0.3 is 0 Å². The summed E-state index contributed by atoms with van der Waals surface area (Å²) in [5.41, 5.74) is 0.327. The van der Waals surface area contributed by atoms with Gasteiger partial charge in [-0.25, -0.2) is 5.01 Å². The lowest BCUT2D eigenvalue weighted by Gasteiger charge is -2.30. The molecule has 4 rings (SSSR count). The van der Waals surface area contributed by atoms with Crippen LogP contribution in [0.25, 0.3) is 0 Å². The first-order valence-corrected chi connectivity index (χ1v) is 13.1. The predicted octanol–water partition coefficient (Wildman–Crippen LogP) is 7.15. The van der Waals surface area contributed by atoms with Crippen LogP contribution >= 0.6 is 75.3 Å². The number of carbonyl (C=O) groups excluding carboxylic acids is 3. The largest absolute Gasteiger partial charge is 0.282 e. The number of non-ortho nitro benzene ring substituents is 1. The number of nitro groups is 1. The zero-order valence-corrected chi connectivity index (χ0v) is 24.2. The molecule has 0 spiro atoms. The van der Waals surface area contributed by atoms with Gasteiger partial charge in [0.15, 0.2) is 0 Å². The summed E-state index contributed by atoms with van der Waals surface area (Å²) in [5, 5.41) is 13.4. The summed E-state index contributed by atoms with van der Waals surface area (Å²) in [6, 6.07) is 11.6. The fourth-order valence-corrected chi connectivity index (χ4v) is 6.04. The maximum Gasteiger partial charge on any atom is 0.282 e. The Bertz CT molecular complexity index is 1380. The van der Waals surface area contributed by atoms with Crippen molar-refractivity contribution in [2.24, 2.45) is 0 Å². The van der Waals surface area contributed by atoms with Crippen LogP contribution in [-0.4, -0.2) is 32.7 Å². The third-order valence-electron chi connectivity index (χ3n) is 5.10. The van der Waals surface area contributed by atoms with Gasteiger partial charge in [0, 0.05) is 40.6 Å². The molecule has 3 aromatic rings. The molecule has 35 heavy (non-hydrogen) atoms. The number of nitrogens with zero attached hydrogens (tertiary/aromatic N) is 3. The highest BCUT2D eigenvalue weighted by Gasteiger charge is 2.45. The van der Waals surface area contributed by atoms with E-state index in [0.29, 0.717) is 28.5 Å². The molecule has 0 bridgehead atoms. The highest BCUT2D eigenvalue weighted by Crippen LogP contribution is 2.45. The second kappa shape index (κ2) is 10.1. The van der Waals surface area contributed by atoms with Crippen molar-refractivity contribution in [1.82, 2.24) is 10.0 Å². The molecular formula is C22H10Br4ClN3O5. The molecule has 0 unspecified atom stereocenters. The van der Waals surface area contributed by atoms with Crippen molar-refractivity contribution >= 4 is 98.7 Å². The van der Waals surface area contributed by atoms with Gasteiger partial charge in [0.1, 0.15) is 0 Å². The summed E-state index contributed by atoms with van der Waals surface area (Å²) < 4.78 is 1.66. The molecule has 3 amide bonds. The molecule has 1 aliphatic heterocycles. The molecule has 1 aliphatic rings. The van der Waals surface area contributed by atoms with Crippen LogP contribution in [0.2, 0.25) is 5.02 Å². The van der Waals surface area contributed by atoms with E-state index < -0.39 is 22.6 Å². The van der Waals surface area contributed by atoms with E-state index in [9.17, 15) is 24.5 Å². The standard InChI is InChI=1S/C22H10Br4ClN3O5/c23-16-14-15(17(24)19(26)18(16)25)22(33)29(21(14)32)28(9-10-4-6-12(27)7-5-10)20(31)11-2-1-3-13(8-11)30(34)35/h1-8H,9H2. The summed E-state index contributed by atoms with van der Waals surface area (Å²) in [6.07, 6.45) is 0. The van der Waals surface area contributed by atoms with Crippen molar-refractivity contribution in [1.29, 1.82) is 0 Å². The van der Waals surface area contributed by atoms with Gasteiger partial charge in [-0.15, -0.1) is 0 Å². The predicted molar refractivity (Wildman–Crippen MR) is 142 cm³/mol. The van der Waals surface area contributed by atoms with Gasteiger partial charge in [-0.05, 0) is 87.5 Å². The van der Waals surface area contributed by atoms with Gasteiger partial charge in [0.25, 0.3) is 23.4 Å². The molecule has 0 saturated carbocycles. The average molecular weight is 751 g/mol. The molecule has 0 saturated heterocycles. The van der Waals surface area contributed by atoms with Crippen LogP contribution in [-0.2, 0) is 6.54 Å². The third-order valence-corrected chi connectivity index (χ3v) is 10.1. The maximum absolute atomic E-state index is 13.6. The van der Waals surface area contributed by atoms with E-state index in [1.807, 2.05) is 0 Å². The van der Waals surface area contributed by atoms with Crippen molar-refractivity contribution in [3.8, 4) is 0 Å². The number of hydrogen-bond donors (Lipinski definition) is 0. The molecule has 3 aromatic carbocycles. The molecule has 178 valence electrons. The van der Waals surface area contributed by atoms with E-state index in [-0.39, 0.29) is 28.9 Å². The van der Waals surface area contributed by atoms with E-state index in [1.165, 1.54) is 18.2 Å². The Morgan fingerprint density at radius 1 is 0.914 bits per heavy atom. The Labute approximate surface area is 236 Å². The third kappa shape index (κ3) is 4.69. The SMILES string of the molecule is O=C(c1cccc([N+](=O)[O-])c1)N(Cc1ccc(Cl)cc1)N1C(=O)c2c(Br)c(Br)c(Br)c(Br)c2C1=O. The first-order valence-electron chi connectivity index (χ1n) is 9.58. The highest BCUT2D eigenvalue weighted by molar-refractivity contribution is 9.15. The lowest BCUT2D eigenvalue weighted by Crippen LogP contribution is -2.49. The molecular weight excluding hydrogens is 741 g/mol. The Balaban J connectivity index is 1.85. The normalized spacial score (nSPS) is 12.7. The number of carbonyl (C=O) groups is 3. The molecule has 0 atom stereocenters. The minimum Gasteiger partial charge on any atom is -0.267 e. The average Bonchev–Trinajstić information content (AvgIpc) is 3.10. The molecule has 0 fully saturated rings. The van der Waals surface area contributed by atoms with Gasteiger partial charge in [0.2, 0.25) is 0 Å². The lowest BCUT2D eigenvalue weighted by molar-refractivity contribution is -0.384. The van der Waals surface area contributed by atoms with Gasteiger partial charge in [-0.2, -0.15) is 5.01 Å². The van der Waals surface area contributed by atoms with E-state index in [1.54, 1.807) is 24.3 Å². The molecule has 0 radical (unpaired) electrons. The number of hydrazine groups is 1. The van der Waals surface area contributed by atoms with Crippen molar-refractivity contribution in [2.45, 2.75) is 6.54 Å². The minimum absolute atomic E-state index is 0.0601. The second-order valence-corrected chi connectivity index (χ2v) is 10.8. The zero-order chi connectivity index (χ0) is 25.6. The highest BCUT2D eigenvalue weighted by atomic mass is 79.9. The summed E-state index contributed by atoms with van der Waals surface area (Å²) in [5.74, 6) is -2.25. The Morgan fingerprint density at radius 2 is 1.46 bits per heavy atom. The zero-order valence-electron chi connectivity index (χ0n) is 17.1. The van der Waals surface area contributed by atoms with E-state index in [2.05, 4.69) is 63.7 Å². The summed E-state index contributed by atoms with van der Waals surface area (Å²) >= 11 is 19.4. The number of rotatable bonds is 5. The monoisotopic (exact) mass is 747 g/mol. The molecule has 0 aliphatic carbocycles. The quantitative estimate of drug-likeness (QED) is 0.0907. The second-order valence-electron chi connectivity index (χ2n) is 7.22. The molecule has 0 aromatic heterocycles. The minimum atomic E-state index is -0.775. The molecule has 1 heterocycles. The smallest absolute Gasteiger partial charge is 0.267 e. The molecule has 8 nitrogen and oxygen atoms in total. The fourth-order valence-electron chi connectivity index (χ4n) is 3.45. The maximum atomic E-state index is 13.6. The Kier molecular flexibility index (Phi) is 7.49. The van der Waals surface area contributed by atoms with Crippen molar-refractivity contribution in [3.05, 3.63) is 104 Å². The topological polar surface area (TPSA) is 101 Å². The van der Waals surface area contributed by atoms with Crippen LogP contribution in [0.15, 0.2) is 66.4 Å². The van der Waals surface area contributed by atoms with Crippen LogP contribution in [0, 0.1) is 10.1 Å². The number of halogens is 5. The number of hydrogen-bond acceptors (Lipinski definition) is 5. The van der Waals surface area contributed by atoms with Crippen molar-refractivity contribution < 1.29 is 19.3 Å². The van der Waals surface area contributed by atoms with Crippen LogP contribution in [0.1, 0.15) is 36.6 Å². The summed E-state index contributed by atoms with van der Waals surface area (Å²) in [6.45, 7) is -0.179. The summed E-state index contributed by atoms with van der Waals surface area (Å²) in [4.78, 5) is 51.3. The van der Waals surface area contributed by atoms with Crippen LogP contribution < -0.4 is 0 Å². The van der Waals surface area contributed by atoms with E-state index >= 15 is 0 Å². The fraction of sp³-hybridized carbons (Fsp3) is 0.0455. The number of fused-ring (bicyclic) bond motifs is 1. The lowest BCUT2D eigenvalue weighted by atomic mass is 10.1. The molecule has 0 N–H and O–H groups in total. The van der Waals surface area contributed by atoms with Crippen LogP contribution in [0.4, 0.5) is 5.69 Å². The first-order chi connectivity index (χ1) is 16.5. The van der Waals surface area contributed by atoms with E-state index in [4.69, 9.17) is 11.6 Å². The van der Waals surface area contributed by atoms with Crippen molar-refractivity contribution in [3.63, 3.8) is 0 Å². The summed E-state index contributed by atoms with van der Waals surface area (Å²) in [7, 11) is 0. The van der Waals surface area contributed by atoms with Gasteiger partial charge in [0.05, 0.1) is 22.6 Å². The first kappa shape index (κ1) is 26.0. The van der Waals surface area contributed by atoms with Gasteiger partial charge in [-0.1, -0.05) is 29.8 Å². The Hall–Kier alpha value is -2.12. The van der Waals surface area contributed by atoms with Crippen LogP contribution in [0.5, 0.6) is 0 Å².